The maximum Gasteiger partial charge on any atom is 0.164 e. The number of hydrogen-bond acceptors (Lipinski definition) is 5. The fourth-order valence-corrected chi connectivity index (χ4v) is 9.17. The number of benzene rings is 10. The number of rotatable bonds is 11. The normalized spacial score (nSPS) is 11.1. The molecule has 0 aliphatic carbocycles. The molecule has 0 bridgehead atoms. The van der Waals surface area contributed by atoms with Crippen LogP contribution in [0, 0.1) is 0 Å². The van der Waals surface area contributed by atoms with Crippen molar-refractivity contribution < 1.29 is 0 Å². The third kappa shape index (κ3) is 9.38. The van der Waals surface area contributed by atoms with Crippen molar-refractivity contribution in [2.45, 2.75) is 0 Å². The van der Waals surface area contributed by atoms with Crippen LogP contribution in [-0.4, -0.2) is 24.9 Å². The van der Waals surface area contributed by atoms with Gasteiger partial charge in [-0.15, -0.1) is 0 Å². The summed E-state index contributed by atoms with van der Waals surface area (Å²) in [6, 6.07) is 94.8. The Balaban J connectivity index is 0.932. The second kappa shape index (κ2) is 19.7. The standard InChI is InChI=1S/C67H45N5/c1-5-17-46(18-6-1)50-33-37-52(38-34-50)62-45-63(69-64(68-62)53-39-35-51(36-40-53)47-19-7-2-8-20-47)58-29-13-27-56(41-58)57-28-16-32-61(44-57)67-71-65(59-30-14-25-54(42-59)48-21-9-3-10-22-48)70-66(72-67)60-31-15-26-55(43-60)49-23-11-4-12-24-49/h1-45H. The van der Waals surface area contributed by atoms with Gasteiger partial charge in [-0.1, -0.05) is 243 Å². The van der Waals surface area contributed by atoms with Gasteiger partial charge in [-0.25, -0.2) is 24.9 Å². The summed E-state index contributed by atoms with van der Waals surface area (Å²) in [5, 5.41) is 0. The first kappa shape index (κ1) is 43.6. The predicted molar refractivity (Wildman–Crippen MR) is 295 cm³/mol. The molecule has 0 radical (unpaired) electrons. The smallest absolute Gasteiger partial charge is 0.164 e. The molecule has 10 aromatic carbocycles. The molecule has 0 aliphatic rings. The van der Waals surface area contributed by atoms with E-state index in [1.807, 2.05) is 24.3 Å². The Kier molecular flexibility index (Phi) is 11.9. The first-order chi connectivity index (χ1) is 35.6. The van der Waals surface area contributed by atoms with E-state index in [0.717, 1.165) is 94.8 Å². The lowest BCUT2D eigenvalue weighted by molar-refractivity contribution is 1.07. The van der Waals surface area contributed by atoms with E-state index in [0.29, 0.717) is 23.3 Å². The quantitative estimate of drug-likeness (QED) is 0.129. The maximum absolute atomic E-state index is 5.26. The zero-order valence-electron chi connectivity index (χ0n) is 39.2. The third-order valence-electron chi connectivity index (χ3n) is 13.0. The number of hydrogen-bond donors (Lipinski definition) is 0. The highest BCUT2D eigenvalue weighted by Gasteiger charge is 2.17. The van der Waals surface area contributed by atoms with Gasteiger partial charge in [0.25, 0.3) is 0 Å². The molecule has 0 aliphatic heterocycles. The molecule has 5 nitrogen and oxygen atoms in total. The van der Waals surface area contributed by atoms with Crippen LogP contribution < -0.4 is 0 Å². The number of aromatic nitrogens is 5. The van der Waals surface area contributed by atoms with E-state index < -0.39 is 0 Å². The van der Waals surface area contributed by atoms with E-state index in [4.69, 9.17) is 24.9 Å². The minimum atomic E-state index is 0.588. The highest BCUT2D eigenvalue weighted by Crippen LogP contribution is 2.35. The molecule has 5 heteroatoms. The van der Waals surface area contributed by atoms with Crippen molar-refractivity contribution in [2.75, 3.05) is 0 Å². The zero-order chi connectivity index (χ0) is 48.1. The van der Waals surface area contributed by atoms with Crippen LogP contribution in [0.4, 0.5) is 0 Å². The Labute approximate surface area is 419 Å². The van der Waals surface area contributed by atoms with Crippen molar-refractivity contribution in [3.63, 3.8) is 0 Å². The highest BCUT2D eigenvalue weighted by molar-refractivity contribution is 5.80. The van der Waals surface area contributed by atoms with Crippen LogP contribution >= 0.6 is 0 Å². The topological polar surface area (TPSA) is 64.5 Å². The molecule has 0 amide bonds. The summed E-state index contributed by atoms with van der Waals surface area (Å²) in [7, 11) is 0. The van der Waals surface area contributed by atoms with Crippen LogP contribution in [0.3, 0.4) is 0 Å². The second-order valence-corrected chi connectivity index (χ2v) is 17.7. The minimum Gasteiger partial charge on any atom is -0.228 e. The Hall–Kier alpha value is -9.71. The molecule has 0 N–H and O–H groups in total. The summed E-state index contributed by atoms with van der Waals surface area (Å²) in [5.41, 5.74) is 18.4. The van der Waals surface area contributed by atoms with Crippen LogP contribution in [0.5, 0.6) is 0 Å². The molecule has 0 fully saturated rings. The molecule has 0 saturated heterocycles. The van der Waals surface area contributed by atoms with Gasteiger partial charge in [0.1, 0.15) is 0 Å². The fraction of sp³-hybridized carbons (Fsp3) is 0. The van der Waals surface area contributed by atoms with Crippen LogP contribution in [-0.2, 0) is 0 Å². The van der Waals surface area contributed by atoms with Gasteiger partial charge < -0.3 is 0 Å². The molecule has 0 unspecified atom stereocenters. The van der Waals surface area contributed by atoms with E-state index >= 15 is 0 Å². The van der Waals surface area contributed by atoms with Gasteiger partial charge in [0.15, 0.2) is 23.3 Å². The average Bonchev–Trinajstić information content (AvgIpc) is 3.48. The minimum absolute atomic E-state index is 0.588. The van der Waals surface area contributed by atoms with Gasteiger partial charge in [0, 0.05) is 33.4 Å². The van der Waals surface area contributed by atoms with Gasteiger partial charge in [-0.2, -0.15) is 0 Å². The zero-order valence-corrected chi connectivity index (χ0v) is 39.2. The molecule has 0 spiro atoms. The SMILES string of the molecule is c1ccc(-c2ccc(-c3cc(-c4cccc(-c5cccc(-c6nc(-c7cccc(-c8ccccc8)c7)nc(-c7cccc(-c8ccccc8)c7)n6)c5)c4)nc(-c4ccc(-c5ccccc5)cc4)n3)cc2)cc1. The van der Waals surface area contributed by atoms with Crippen molar-refractivity contribution in [3.8, 4) is 124 Å². The van der Waals surface area contributed by atoms with Crippen LogP contribution in [0.2, 0.25) is 0 Å². The summed E-state index contributed by atoms with van der Waals surface area (Å²) in [6.45, 7) is 0. The van der Waals surface area contributed by atoms with Crippen LogP contribution in [0.15, 0.2) is 273 Å². The number of nitrogens with zero attached hydrogens (tertiary/aromatic N) is 5. The van der Waals surface area contributed by atoms with E-state index in [-0.39, 0.29) is 0 Å². The van der Waals surface area contributed by atoms with Gasteiger partial charge in [0.05, 0.1) is 11.4 Å². The van der Waals surface area contributed by atoms with Gasteiger partial charge >= 0.3 is 0 Å². The summed E-state index contributed by atoms with van der Waals surface area (Å²) in [4.78, 5) is 26.0. The second-order valence-electron chi connectivity index (χ2n) is 17.7. The van der Waals surface area contributed by atoms with Gasteiger partial charge in [0.2, 0.25) is 0 Å². The Morgan fingerprint density at radius 1 is 0.139 bits per heavy atom. The lowest BCUT2D eigenvalue weighted by Gasteiger charge is -2.12. The molecular weight excluding hydrogens is 875 g/mol. The van der Waals surface area contributed by atoms with Crippen molar-refractivity contribution in [2.24, 2.45) is 0 Å². The molecule has 72 heavy (non-hydrogen) atoms. The lowest BCUT2D eigenvalue weighted by Crippen LogP contribution is -2.00. The van der Waals surface area contributed by atoms with Crippen molar-refractivity contribution >= 4 is 0 Å². The molecule has 12 rings (SSSR count). The summed E-state index contributed by atoms with van der Waals surface area (Å²) >= 11 is 0. The molecule has 0 atom stereocenters. The molecule has 2 heterocycles. The average molecular weight is 920 g/mol. The summed E-state index contributed by atoms with van der Waals surface area (Å²) < 4.78 is 0. The van der Waals surface area contributed by atoms with Crippen LogP contribution in [0.1, 0.15) is 0 Å². The van der Waals surface area contributed by atoms with E-state index in [2.05, 4.69) is 249 Å². The van der Waals surface area contributed by atoms with E-state index in [9.17, 15) is 0 Å². The van der Waals surface area contributed by atoms with Crippen molar-refractivity contribution in [1.82, 2.24) is 24.9 Å². The fourth-order valence-electron chi connectivity index (χ4n) is 9.17. The maximum atomic E-state index is 5.26. The molecule has 338 valence electrons. The summed E-state index contributed by atoms with van der Waals surface area (Å²) in [6.07, 6.45) is 0. The largest absolute Gasteiger partial charge is 0.228 e. The first-order valence-electron chi connectivity index (χ1n) is 24.1. The lowest BCUT2D eigenvalue weighted by atomic mass is 9.98. The molecule has 12 aromatic rings. The van der Waals surface area contributed by atoms with Crippen molar-refractivity contribution in [3.05, 3.63) is 273 Å². The highest BCUT2D eigenvalue weighted by atomic mass is 15.0. The first-order valence-corrected chi connectivity index (χ1v) is 24.1. The third-order valence-corrected chi connectivity index (χ3v) is 13.0. The Bertz CT molecular complexity index is 3620. The van der Waals surface area contributed by atoms with Gasteiger partial charge in [-0.3, -0.25) is 0 Å². The predicted octanol–water partition coefficient (Wildman–Crippen LogP) is 17.0. The van der Waals surface area contributed by atoms with E-state index in [1.54, 1.807) is 0 Å². The Morgan fingerprint density at radius 3 is 0.764 bits per heavy atom. The molecular formula is C67H45N5. The molecule has 2 aromatic heterocycles. The van der Waals surface area contributed by atoms with E-state index in [1.165, 1.54) is 5.56 Å². The van der Waals surface area contributed by atoms with Gasteiger partial charge in [-0.05, 0) is 86.0 Å². The summed E-state index contributed by atoms with van der Waals surface area (Å²) in [5.74, 6) is 2.45. The van der Waals surface area contributed by atoms with Crippen LogP contribution in [0.25, 0.3) is 124 Å². The van der Waals surface area contributed by atoms with Crippen molar-refractivity contribution in [1.29, 1.82) is 0 Å². The molecule has 0 saturated carbocycles. The monoisotopic (exact) mass is 919 g/mol. The Morgan fingerprint density at radius 2 is 0.375 bits per heavy atom.